The SMILES string of the molecule is CCCC[N+](C)(C)CCNC(=O)C(CC(C)C(=O)O)CC(CC(CC)n1ccnc1)C(N)=O. The van der Waals surface area contributed by atoms with E-state index < -0.39 is 29.6 Å². The van der Waals surface area contributed by atoms with Gasteiger partial charge in [0.05, 0.1) is 46.0 Å². The fourth-order valence-corrected chi connectivity index (χ4v) is 4.15. The third-order valence-corrected chi connectivity index (χ3v) is 6.51. The molecule has 4 N–H and O–H groups in total. The maximum atomic E-state index is 13.1. The zero-order chi connectivity index (χ0) is 25.0. The molecule has 9 heteroatoms. The van der Waals surface area contributed by atoms with E-state index in [1.54, 1.807) is 19.4 Å². The van der Waals surface area contributed by atoms with Crippen LogP contribution in [0.4, 0.5) is 0 Å². The van der Waals surface area contributed by atoms with E-state index in [9.17, 15) is 19.5 Å². The summed E-state index contributed by atoms with van der Waals surface area (Å²) >= 11 is 0. The first-order valence-electron chi connectivity index (χ1n) is 12.1. The number of amides is 2. The molecule has 4 atom stereocenters. The highest BCUT2D eigenvalue weighted by molar-refractivity contribution is 5.82. The molecule has 0 radical (unpaired) electrons. The van der Waals surface area contributed by atoms with Gasteiger partial charge in [0, 0.05) is 30.3 Å². The van der Waals surface area contributed by atoms with E-state index in [1.807, 2.05) is 17.7 Å². The summed E-state index contributed by atoms with van der Waals surface area (Å²) in [6.45, 7) is 8.08. The van der Waals surface area contributed by atoms with Crippen LogP contribution >= 0.6 is 0 Å². The summed E-state index contributed by atoms with van der Waals surface area (Å²) in [5.41, 5.74) is 5.72. The molecule has 33 heavy (non-hydrogen) atoms. The van der Waals surface area contributed by atoms with Crippen molar-refractivity contribution in [3.05, 3.63) is 18.7 Å². The number of hydrogen-bond acceptors (Lipinski definition) is 4. The Morgan fingerprint density at radius 1 is 1.12 bits per heavy atom. The summed E-state index contributed by atoms with van der Waals surface area (Å²) < 4.78 is 2.75. The molecule has 2 amide bonds. The molecule has 1 heterocycles. The number of carboxylic acid groups (broad SMARTS) is 1. The zero-order valence-corrected chi connectivity index (χ0v) is 21.0. The van der Waals surface area contributed by atoms with Gasteiger partial charge in [-0.1, -0.05) is 27.2 Å². The Hall–Kier alpha value is -2.42. The van der Waals surface area contributed by atoms with Crippen molar-refractivity contribution in [3.8, 4) is 0 Å². The average molecular weight is 467 g/mol. The van der Waals surface area contributed by atoms with Crippen LogP contribution in [0.1, 0.15) is 65.3 Å². The van der Waals surface area contributed by atoms with E-state index in [0.29, 0.717) is 13.0 Å². The number of hydrogen-bond donors (Lipinski definition) is 3. The number of nitrogens with zero attached hydrogens (tertiary/aromatic N) is 3. The van der Waals surface area contributed by atoms with Crippen LogP contribution in [0, 0.1) is 17.8 Å². The predicted molar refractivity (Wildman–Crippen MR) is 128 cm³/mol. The lowest BCUT2D eigenvalue weighted by Crippen LogP contribution is -2.47. The molecule has 9 nitrogen and oxygen atoms in total. The molecular weight excluding hydrogens is 422 g/mol. The average Bonchev–Trinajstić information content (AvgIpc) is 3.28. The van der Waals surface area contributed by atoms with Crippen LogP contribution in [-0.2, 0) is 14.4 Å². The normalized spacial score (nSPS) is 15.4. The van der Waals surface area contributed by atoms with E-state index in [-0.39, 0.29) is 24.8 Å². The number of imidazole rings is 1. The molecule has 0 aliphatic carbocycles. The fourth-order valence-electron chi connectivity index (χ4n) is 4.15. The Kier molecular flexibility index (Phi) is 12.1. The smallest absolute Gasteiger partial charge is 0.306 e. The van der Waals surface area contributed by atoms with Gasteiger partial charge >= 0.3 is 5.97 Å². The number of nitrogens with two attached hydrogens (primary N) is 1. The Bertz CT molecular complexity index is 735. The van der Waals surface area contributed by atoms with Crippen molar-refractivity contribution >= 4 is 17.8 Å². The molecule has 4 unspecified atom stereocenters. The minimum atomic E-state index is -0.953. The molecule has 0 saturated carbocycles. The molecule has 0 aliphatic rings. The molecule has 0 fully saturated rings. The molecule has 0 saturated heterocycles. The molecule has 1 aromatic rings. The number of rotatable bonds is 17. The highest BCUT2D eigenvalue weighted by Gasteiger charge is 2.31. The minimum absolute atomic E-state index is 0.0299. The molecule has 0 aromatic carbocycles. The quantitative estimate of drug-likeness (QED) is 0.304. The second-order valence-electron chi connectivity index (χ2n) is 9.84. The van der Waals surface area contributed by atoms with Gasteiger partial charge in [-0.25, -0.2) is 4.98 Å². The number of carbonyl (C=O) groups is 3. The van der Waals surface area contributed by atoms with Gasteiger partial charge in [-0.15, -0.1) is 0 Å². The monoisotopic (exact) mass is 466 g/mol. The molecule has 0 bridgehead atoms. The van der Waals surface area contributed by atoms with Crippen molar-refractivity contribution in [2.24, 2.45) is 23.5 Å². The van der Waals surface area contributed by atoms with Gasteiger partial charge < -0.3 is 25.2 Å². The van der Waals surface area contributed by atoms with Crippen molar-refractivity contribution in [3.63, 3.8) is 0 Å². The number of unbranched alkanes of at least 4 members (excludes halogenated alkanes) is 1. The van der Waals surface area contributed by atoms with Crippen LogP contribution < -0.4 is 11.1 Å². The summed E-state index contributed by atoms with van der Waals surface area (Å²) in [6, 6.07) is 0.0299. The lowest BCUT2D eigenvalue weighted by atomic mass is 9.83. The van der Waals surface area contributed by atoms with Gasteiger partial charge in [0.2, 0.25) is 11.8 Å². The van der Waals surface area contributed by atoms with Gasteiger partial charge in [-0.05, 0) is 32.1 Å². The van der Waals surface area contributed by atoms with E-state index in [1.165, 1.54) is 0 Å². The summed E-state index contributed by atoms with van der Waals surface area (Å²) in [7, 11) is 4.27. The highest BCUT2D eigenvalue weighted by Crippen LogP contribution is 2.28. The van der Waals surface area contributed by atoms with Crippen molar-refractivity contribution in [1.82, 2.24) is 14.9 Å². The van der Waals surface area contributed by atoms with Crippen LogP contribution in [0.15, 0.2) is 18.7 Å². The van der Waals surface area contributed by atoms with E-state index in [4.69, 9.17) is 5.73 Å². The zero-order valence-electron chi connectivity index (χ0n) is 21.0. The minimum Gasteiger partial charge on any atom is -0.481 e. The lowest BCUT2D eigenvalue weighted by Gasteiger charge is -2.30. The molecule has 0 spiro atoms. The maximum Gasteiger partial charge on any atom is 0.306 e. The van der Waals surface area contributed by atoms with E-state index in [2.05, 4.69) is 31.3 Å². The first-order valence-corrected chi connectivity index (χ1v) is 12.1. The van der Waals surface area contributed by atoms with Crippen molar-refractivity contribution in [1.29, 1.82) is 0 Å². The number of aliphatic carboxylic acids is 1. The van der Waals surface area contributed by atoms with Crippen LogP contribution in [0.3, 0.4) is 0 Å². The summed E-state index contributed by atoms with van der Waals surface area (Å²) in [6.07, 6.45) is 9.15. The van der Waals surface area contributed by atoms with Crippen LogP contribution in [-0.4, -0.2) is 70.7 Å². The number of nitrogens with one attached hydrogen (secondary N) is 1. The van der Waals surface area contributed by atoms with Crippen LogP contribution in [0.25, 0.3) is 0 Å². The summed E-state index contributed by atoms with van der Waals surface area (Å²) in [4.78, 5) is 40.9. The summed E-state index contributed by atoms with van der Waals surface area (Å²) in [5.74, 6) is -3.45. The van der Waals surface area contributed by atoms with E-state index in [0.717, 1.165) is 36.8 Å². The number of likely N-dealkylation sites (N-methyl/N-ethyl adjacent to an activating group) is 1. The number of quaternary nitrogens is 1. The molecule has 0 aliphatic heterocycles. The molecular formula is C24H44N5O4+. The molecule has 1 rings (SSSR count). The van der Waals surface area contributed by atoms with Gasteiger partial charge in [0.15, 0.2) is 0 Å². The standard InChI is InChI=1S/C24H43N5O4/c1-6-8-12-29(4,5)13-10-27-23(31)20(14-18(3)24(32)33)15-19(22(25)30)16-21(7-2)28-11-9-26-17-28/h9,11,17-21H,6-8,10,12-16H2,1-5H3,(H3-,25,27,30,31,32,33)/p+1. The maximum absolute atomic E-state index is 13.1. The van der Waals surface area contributed by atoms with Crippen molar-refractivity contribution in [2.75, 3.05) is 33.7 Å². The predicted octanol–water partition coefficient (Wildman–Crippen LogP) is 2.44. The first-order chi connectivity index (χ1) is 15.5. The van der Waals surface area contributed by atoms with Crippen LogP contribution in [0.5, 0.6) is 0 Å². The van der Waals surface area contributed by atoms with Crippen molar-refractivity contribution < 1.29 is 24.0 Å². The number of carboxylic acids is 1. The largest absolute Gasteiger partial charge is 0.481 e. The second kappa shape index (κ2) is 14.0. The number of aromatic nitrogens is 2. The van der Waals surface area contributed by atoms with Gasteiger partial charge in [0.25, 0.3) is 0 Å². The van der Waals surface area contributed by atoms with E-state index >= 15 is 0 Å². The first kappa shape index (κ1) is 28.6. The third-order valence-electron chi connectivity index (χ3n) is 6.51. The Balaban J connectivity index is 2.88. The topological polar surface area (TPSA) is 127 Å². The van der Waals surface area contributed by atoms with Crippen LogP contribution in [0.2, 0.25) is 0 Å². The fraction of sp³-hybridized carbons (Fsp3) is 0.750. The lowest BCUT2D eigenvalue weighted by molar-refractivity contribution is -0.889. The number of carbonyl (C=O) groups excluding carboxylic acids is 2. The summed E-state index contributed by atoms with van der Waals surface area (Å²) in [5, 5.41) is 12.4. The van der Waals surface area contributed by atoms with Gasteiger partial charge in [-0.2, -0.15) is 0 Å². The Labute approximate surface area is 198 Å². The number of primary amides is 1. The third kappa shape index (κ3) is 10.4. The highest BCUT2D eigenvalue weighted by atomic mass is 16.4. The van der Waals surface area contributed by atoms with Crippen molar-refractivity contribution in [2.45, 2.75) is 65.3 Å². The Morgan fingerprint density at radius 2 is 1.82 bits per heavy atom. The van der Waals surface area contributed by atoms with Gasteiger partial charge in [0.1, 0.15) is 0 Å². The molecule has 188 valence electrons. The molecule has 1 aromatic heterocycles. The second-order valence-corrected chi connectivity index (χ2v) is 9.84. The van der Waals surface area contributed by atoms with Gasteiger partial charge in [-0.3, -0.25) is 14.4 Å². The Morgan fingerprint density at radius 3 is 2.33 bits per heavy atom.